The van der Waals surface area contributed by atoms with E-state index >= 15 is 0 Å². The second-order valence-electron chi connectivity index (χ2n) is 3.86. The van der Waals surface area contributed by atoms with Crippen LogP contribution in [0.4, 0.5) is 0 Å². The second-order valence-corrected chi connectivity index (χ2v) is 5.11. The Hall–Kier alpha value is -1.29. The Morgan fingerprint density at radius 1 is 1.05 bits per heavy atom. The van der Waals surface area contributed by atoms with E-state index in [0.717, 1.165) is 5.56 Å². The Morgan fingerprint density at radius 3 is 2.42 bits per heavy atom. The molecular formula is C14H11Cl2NOS. The number of thiocarbonyl (C=S) groups is 1. The van der Waals surface area contributed by atoms with Crippen molar-refractivity contribution in [2.24, 2.45) is 5.73 Å². The SMILES string of the molecule is NC(=S)c1c(Cl)cccc1OCc1ccccc1Cl. The van der Waals surface area contributed by atoms with Crippen molar-refractivity contribution in [1.29, 1.82) is 0 Å². The molecule has 0 aliphatic heterocycles. The number of benzene rings is 2. The first-order chi connectivity index (χ1) is 9.09. The van der Waals surface area contributed by atoms with Gasteiger partial charge >= 0.3 is 0 Å². The standard InChI is InChI=1S/C14H11Cl2NOS/c15-10-5-2-1-4-9(10)8-18-12-7-3-6-11(16)13(12)14(17)19/h1-7H,8H2,(H2,17,19). The molecule has 0 radical (unpaired) electrons. The topological polar surface area (TPSA) is 35.2 Å². The number of ether oxygens (including phenoxy) is 1. The minimum atomic E-state index is 0.208. The van der Waals surface area contributed by atoms with Crippen LogP contribution in [0.2, 0.25) is 10.0 Å². The Bertz CT molecular complexity index is 616. The Morgan fingerprint density at radius 2 is 1.74 bits per heavy atom. The summed E-state index contributed by atoms with van der Waals surface area (Å²) in [6.45, 7) is 0.329. The Kier molecular flexibility index (Phi) is 4.64. The molecule has 0 aliphatic rings. The van der Waals surface area contributed by atoms with Gasteiger partial charge < -0.3 is 10.5 Å². The van der Waals surface area contributed by atoms with Crippen molar-refractivity contribution < 1.29 is 4.74 Å². The van der Waals surface area contributed by atoms with Crippen LogP contribution in [0.5, 0.6) is 5.75 Å². The second kappa shape index (κ2) is 6.24. The lowest BCUT2D eigenvalue weighted by molar-refractivity contribution is 0.306. The van der Waals surface area contributed by atoms with Crippen molar-refractivity contribution in [2.75, 3.05) is 0 Å². The largest absolute Gasteiger partial charge is 0.488 e. The number of rotatable bonds is 4. The molecule has 0 saturated carbocycles. The van der Waals surface area contributed by atoms with Crippen LogP contribution in [0.15, 0.2) is 42.5 Å². The van der Waals surface area contributed by atoms with Gasteiger partial charge in [0.15, 0.2) is 0 Å². The van der Waals surface area contributed by atoms with Gasteiger partial charge in [0.05, 0.1) is 10.6 Å². The molecule has 2 N–H and O–H groups in total. The number of halogens is 2. The minimum Gasteiger partial charge on any atom is -0.488 e. The first-order valence-corrected chi connectivity index (χ1v) is 6.70. The highest BCUT2D eigenvalue weighted by atomic mass is 35.5. The Labute approximate surface area is 127 Å². The van der Waals surface area contributed by atoms with Gasteiger partial charge in [-0.3, -0.25) is 0 Å². The average molecular weight is 312 g/mol. The van der Waals surface area contributed by atoms with Gasteiger partial charge in [-0.1, -0.05) is 59.7 Å². The molecular weight excluding hydrogens is 301 g/mol. The van der Waals surface area contributed by atoms with E-state index in [4.69, 9.17) is 45.9 Å². The molecule has 5 heteroatoms. The van der Waals surface area contributed by atoms with E-state index in [1.54, 1.807) is 18.2 Å². The molecule has 2 rings (SSSR count). The fraction of sp³-hybridized carbons (Fsp3) is 0.0714. The number of nitrogens with two attached hydrogens (primary N) is 1. The van der Waals surface area contributed by atoms with Crippen molar-refractivity contribution in [2.45, 2.75) is 6.61 Å². The third-order valence-electron chi connectivity index (χ3n) is 2.56. The molecule has 0 atom stereocenters. The zero-order chi connectivity index (χ0) is 13.8. The zero-order valence-corrected chi connectivity index (χ0v) is 12.2. The molecule has 19 heavy (non-hydrogen) atoms. The molecule has 2 aromatic rings. The van der Waals surface area contributed by atoms with Crippen LogP contribution in [-0.2, 0) is 6.61 Å². The van der Waals surface area contributed by atoms with Crippen LogP contribution >= 0.6 is 35.4 Å². The molecule has 0 fully saturated rings. The predicted molar refractivity (Wildman–Crippen MR) is 83.1 cm³/mol. The monoisotopic (exact) mass is 311 g/mol. The van der Waals surface area contributed by atoms with Crippen LogP contribution in [0.25, 0.3) is 0 Å². The fourth-order valence-electron chi connectivity index (χ4n) is 1.63. The lowest BCUT2D eigenvalue weighted by Crippen LogP contribution is -2.12. The molecule has 98 valence electrons. The summed E-state index contributed by atoms with van der Waals surface area (Å²) >= 11 is 17.1. The molecule has 0 aliphatic carbocycles. The highest BCUT2D eigenvalue weighted by molar-refractivity contribution is 7.80. The lowest BCUT2D eigenvalue weighted by Gasteiger charge is -2.12. The maximum absolute atomic E-state index is 6.07. The molecule has 0 bridgehead atoms. The quantitative estimate of drug-likeness (QED) is 0.859. The van der Waals surface area contributed by atoms with E-state index in [1.807, 2.05) is 24.3 Å². The average Bonchev–Trinajstić information content (AvgIpc) is 2.37. The fourth-order valence-corrected chi connectivity index (χ4v) is 2.36. The summed E-state index contributed by atoms with van der Waals surface area (Å²) in [4.78, 5) is 0.208. The van der Waals surface area contributed by atoms with Gasteiger partial charge in [-0.05, 0) is 18.2 Å². The zero-order valence-electron chi connectivity index (χ0n) is 9.90. The maximum Gasteiger partial charge on any atom is 0.131 e. The van der Waals surface area contributed by atoms with Crippen molar-refractivity contribution >= 4 is 40.4 Å². The van der Waals surface area contributed by atoms with Gasteiger partial charge in [-0.2, -0.15) is 0 Å². The van der Waals surface area contributed by atoms with Gasteiger partial charge in [-0.15, -0.1) is 0 Å². The van der Waals surface area contributed by atoms with E-state index in [2.05, 4.69) is 0 Å². The van der Waals surface area contributed by atoms with E-state index in [1.165, 1.54) is 0 Å². The van der Waals surface area contributed by atoms with Crippen molar-refractivity contribution in [3.63, 3.8) is 0 Å². The summed E-state index contributed by atoms with van der Waals surface area (Å²) in [6.07, 6.45) is 0. The van der Waals surface area contributed by atoms with Gasteiger partial charge in [0.25, 0.3) is 0 Å². The van der Waals surface area contributed by atoms with E-state index in [-0.39, 0.29) is 4.99 Å². The molecule has 0 saturated heterocycles. The van der Waals surface area contributed by atoms with Crippen molar-refractivity contribution in [1.82, 2.24) is 0 Å². The van der Waals surface area contributed by atoms with E-state index in [9.17, 15) is 0 Å². The summed E-state index contributed by atoms with van der Waals surface area (Å²) in [7, 11) is 0. The van der Waals surface area contributed by atoms with Crippen LogP contribution in [0.3, 0.4) is 0 Å². The highest BCUT2D eigenvalue weighted by Gasteiger charge is 2.11. The Balaban J connectivity index is 2.23. The molecule has 0 aromatic heterocycles. The van der Waals surface area contributed by atoms with Gasteiger partial charge in [-0.25, -0.2) is 0 Å². The minimum absolute atomic E-state index is 0.208. The predicted octanol–water partition coefficient (Wildman–Crippen LogP) is 4.21. The number of hydrogen-bond acceptors (Lipinski definition) is 2. The molecule has 0 heterocycles. The van der Waals surface area contributed by atoms with Gasteiger partial charge in [0.1, 0.15) is 17.3 Å². The van der Waals surface area contributed by atoms with Crippen LogP contribution < -0.4 is 10.5 Å². The van der Waals surface area contributed by atoms with Crippen LogP contribution in [-0.4, -0.2) is 4.99 Å². The smallest absolute Gasteiger partial charge is 0.131 e. The first-order valence-electron chi connectivity index (χ1n) is 5.54. The molecule has 2 nitrogen and oxygen atoms in total. The normalized spacial score (nSPS) is 10.2. The highest BCUT2D eigenvalue weighted by Crippen LogP contribution is 2.27. The summed E-state index contributed by atoms with van der Waals surface area (Å²) in [5.41, 5.74) is 7.09. The summed E-state index contributed by atoms with van der Waals surface area (Å²) in [6, 6.07) is 12.8. The lowest BCUT2D eigenvalue weighted by atomic mass is 10.2. The van der Waals surface area contributed by atoms with Crippen LogP contribution in [0.1, 0.15) is 11.1 Å². The van der Waals surface area contributed by atoms with Crippen LogP contribution in [0, 0.1) is 0 Å². The van der Waals surface area contributed by atoms with Crippen molar-refractivity contribution in [3.8, 4) is 5.75 Å². The summed E-state index contributed by atoms with van der Waals surface area (Å²) in [5.74, 6) is 0.555. The van der Waals surface area contributed by atoms with E-state index in [0.29, 0.717) is 28.0 Å². The molecule has 2 aromatic carbocycles. The molecule has 0 amide bonds. The first kappa shape index (κ1) is 14.1. The molecule has 0 unspecified atom stereocenters. The van der Waals surface area contributed by atoms with E-state index < -0.39 is 0 Å². The maximum atomic E-state index is 6.07. The number of hydrogen-bond donors (Lipinski definition) is 1. The third kappa shape index (κ3) is 3.38. The third-order valence-corrected chi connectivity index (χ3v) is 3.45. The van der Waals surface area contributed by atoms with Gasteiger partial charge in [0.2, 0.25) is 0 Å². The summed E-state index contributed by atoms with van der Waals surface area (Å²) < 4.78 is 5.71. The molecule has 0 spiro atoms. The summed E-state index contributed by atoms with van der Waals surface area (Å²) in [5, 5.41) is 1.13. The van der Waals surface area contributed by atoms with Crippen molar-refractivity contribution in [3.05, 3.63) is 63.6 Å². The van der Waals surface area contributed by atoms with Gasteiger partial charge in [0, 0.05) is 10.6 Å².